The Kier molecular flexibility index (Phi) is 6.82. The highest BCUT2D eigenvalue weighted by Gasteiger charge is 2.50. The molecule has 2 aliphatic rings. The second kappa shape index (κ2) is 10.6. The molecule has 2 saturated heterocycles. The van der Waals surface area contributed by atoms with Crippen molar-refractivity contribution in [1.29, 1.82) is 0 Å². The first-order chi connectivity index (χ1) is 21.1. The number of rotatable bonds is 5. The van der Waals surface area contributed by atoms with Gasteiger partial charge in [-0.1, -0.05) is 44.2 Å². The van der Waals surface area contributed by atoms with Crippen molar-refractivity contribution in [3.63, 3.8) is 0 Å². The highest BCUT2D eigenvalue weighted by atomic mass is 19.1. The fourth-order valence-corrected chi connectivity index (χ4v) is 6.95. The molecule has 0 saturated carbocycles. The monoisotopic (exact) mass is 591 g/mol. The summed E-state index contributed by atoms with van der Waals surface area (Å²) in [7, 11) is 0. The summed E-state index contributed by atoms with van der Waals surface area (Å²) in [5, 5.41) is 14.7. The Morgan fingerprint density at radius 3 is 2.59 bits per heavy atom. The van der Waals surface area contributed by atoms with Gasteiger partial charge in [0.05, 0.1) is 28.1 Å². The Hall–Kier alpha value is -4.47. The van der Waals surface area contributed by atoms with Crippen molar-refractivity contribution in [2.75, 3.05) is 13.1 Å². The molecule has 2 atom stereocenters. The van der Waals surface area contributed by atoms with Crippen LogP contribution < -0.4 is 5.32 Å². The van der Waals surface area contributed by atoms with Gasteiger partial charge in [-0.25, -0.2) is 9.37 Å². The molecular weight excluding hydrogens is 557 g/mol. The third kappa shape index (κ3) is 4.76. The van der Waals surface area contributed by atoms with Crippen molar-refractivity contribution in [3.8, 4) is 5.69 Å². The van der Waals surface area contributed by atoms with Crippen LogP contribution >= 0.6 is 0 Å². The number of nitrogens with zero attached hydrogens (tertiary/aromatic N) is 4. The lowest BCUT2D eigenvalue weighted by molar-refractivity contribution is -0.134. The van der Waals surface area contributed by atoms with Crippen molar-refractivity contribution in [1.82, 2.24) is 24.8 Å². The van der Waals surface area contributed by atoms with Crippen LogP contribution in [0.5, 0.6) is 0 Å². The molecule has 2 fully saturated rings. The van der Waals surface area contributed by atoms with E-state index in [9.17, 15) is 14.7 Å². The van der Waals surface area contributed by atoms with Crippen LogP contribution in [-0.2, 0) is 21.7 Å². The molecule has 2 aromatic heterocycles. The SMILES string of the molecule is CC1(C)CN(Cc2ccc(-n3cnc4ccccc43)cc2)CC[C@@]1(O)c1ccc2ncc(C3CCC(=O)NC3=O)cc2c1F. The maximum atomic E-state index is 16.3. The predicted molar refractivity (Wildman–Crippen MR) is 165 cm³/mol. The molecule has 0 radical (unpaired) electrons. The number of benzene rings is 3. The van der Waals surface area contributed by atoms with E-state index in [1.54, 1.807) is 24.4 Å². The van der Waals surface area contributed by atoms with Crippen LogP contribution in [0.3, 0.4) is 0 Å². The quantitative estimate of drug-likeness (QED) is 0.267. The minimum Gasteiger partial charge on any atom is -0.384 e. The number of amides is 2. The minimum atomic E-state index is -1.40. The summed E-state index contributed by atoms with van der Waals surface area (Å²) in [5.74, 6) is -1.78. The van der Waals surface area contributed by atoms with E-state index < -0.39 is 28.7 Å². The van der Waals surface area contributed by atoms with E-state index in [-0.39, 0.29) is 23.3 Å². The molecule has 224 valence electrons. The Morgan fingerprint density at radius 1 is 1.02 bits per heavy atom. The zero-order valence-electron chi connectivity index (χ0n) is 24.8. The van der Waals surface area contributed by atoms with Gasteiger partial charge in [0, 0.05) is 54.3 Å². The molecule has 4 heterocycles. The van der Waals surface area contributed by atoms with Crippen molar-refractivity contribution in [3.05, 3.63) is 102 Å². The average Bonchev–Trinajstić information content (AvgIpc) is 3.44. The number of imide groups is 1. The first-order valence-corrected chi connectivity index (χ1v) is 15.0. The zero-order chi connectivity index (χ0) is 30.6. The van der Waals surface area contributed by atoms with Crippen LogP contribution in [0.25, 0.3) is 27.6 Å². The van der Waals surface area contributed by atoms with Gasteiger partial charge in [-0.15, -0.1) is 0 Å². The van der Waals surface area contributed by atoms with Gasteiger partial charge in [0.15, 0.2) is 0 Å². The normalized spacial score (nSPS) is 22.4. The van der Waals surface area contributed by atoms with E-state index in [0.717, 1.165) is 22.3 Å². The number of hydrogen-bond acceptors (Lipinski definition) is 6. The number of aromatic nitrogens is 3. The first kappa shape index (κ1) is 28.3. The maximum Gasteiger partial charge on any atom is 0.234 e. The molecule has 2 aliphatic heterocycles. The summed E-state index contributed by atoms with van der Waals surface area (Å²) in [5.41, 5.74) is 3.40. The molecule has 8 nitrogen and oxygen atoms in total. The molecule has 0 aliphatic carbocycles. The van der Waals surface area contributed by atoms with Crippen LogP contribution in [-0.4, -0.2) is 49.4 Å². The van der Waals surface area contributed by atoms with Crippen LogP contribution in [0.15, 0.2) is 79.3 Å². The van der Waals surface area contributed by atoms with E-state index in [1.807, 2.05) is 38.4 Å². The third-order valence-corrected chi connectivity index (χ3v) is 9.51. The van der Waals surface area contributed by atoms with Crippen molar-refractivity contribution < 1.29 is 19.1 Å². The smallest absolute Gasteiger partial charge is 0.234 e. The Bertz CT molecular complexity index is 1920. The molecule has 7 rings (SSSR count). The van der Waals surface area contributed by atoms with E-state index in [0.29, 0.717) is 43.6 Å². The lowest BCUT2D eigenvalue weighted by Crippen LogP contribution is -2.55. The van der Waals surface area contributed by atoms with Gasteiger partial charge in [-0.05, 0) is 60.4 Å². The number of carbonyl (C=O) groups excluding carboxylic acids is 2. The van der Waals surface area contributed by atoms with Gasteiger partial charge in [0.25, 0.3) is 0 Å². The zero-order valence-corrected chi connectivity index (χ0v) is 24.8. The molecule has 2 amide bonds. The van der Waals surface area contributed by atoms with E-state index >= 15 is 4.39 Å². The van der Waals surface area contributed by atoms with Gasteiger partial charge < -0.3 is 5.11 Å². The van der Waals surface area contributed by atoms with E-state index in [1.165, 1.54) is 0 Å². The van der Waals surface area contributed by atoms with E-state index in [2.05, 4.69) is 55.1 Å². The molecule has 2 N–H and O–H groups in total. The summed E-state index contributed by atoms with van der Waals surface area (Å²) < 4.78 is 18.3. The van der Waals surface area contributed by atoms with Gasteiger partial charge in [-0.3, -0.25) is 29.4 Å². The average molecular weight is 592 g/mol. The number of piperidine rings is 2. The third-order valence-electron chi connectivity index (χ3n) is 9.51. The molecule has 0 bridgehead atoms. The van der Waals surface area contributed by atoms with Crippen molar-refractivity contribution in [2.24, 2.45) is 5.41 Å². The summed E-state index contributed by atoms with van der Waals surface area (Å²) >= 11 is 0. The Balaban J connectivity index is 1.10. The van der Waals surface area contributed by atoms with Crippen molar-refractivity contribution >= 4 is 33.8 Å². The van der Waals surface area contributed by atoms with Gasteiger partial charge in [0.1, 0.15) is 12.1 Å². The predicted octanol–water partition coefficient (Wildman–Crippen LogP) is 5.35. The number of pyridine rings is 1. The summed E-state index contributed by atoms with van der Waals surface area (Å²) in [6, 6.07) is 21.5. The van der Waals surface area contributed by atoms with Gasteiger partial charge >= 0.3 is 0 Å². The molecular formula is C35H34FN5O3. The fourth-order valence-electron chi connectivity index (χ4n) is 6.95. The number of aliphatic hydroxyl groups is 1. The number of carbonyl (C=O) groups is 2. The highest BCUT2D eigenvalue weighted by molar-refractivity contribution is 6.01. The number of para-hydroxylation sites is 2. The van der Waals surface area contributed by atoms with Crippen LogP contribution in [0, 0.1) is 11.2 Å². The number of hydrogen-bond donors (Lipinski definition) is 2. The van der Waals surface area contributed by atoms with Crippen LogP contribution in [0.2, 0.25) is 0 Å². The number of halogens is 1. The van der Waals surface area contributed by atoms with Crippen LogP contribution in [0.1, 0.15) is 55.7 Å². The Labute approximate surface area is 254 Å². The van der Waals surface area contributed by atoms with Gasteiger partial charge in [0.2, 0.25) is 11.8 Å². The standard InChI is InChI=1S/C35H34FN5O3/c1-34(2)20-40(19-22-7-9-24(10-8-22)41-21-38-29-5-3-4-6-30(29)41)16-15-35(34,44)27-12-13-28-26(32(27)36)17-23(18-37-28)25-11-14-31(42)39-33(25)43/h3-10,12-13,17-18,21,25,44H,11,14-16,19-20H2,1-2H3,(H,39,42,43)/t25?,35-/m1/s1. The molecule has 3 aromatic carbocycles. The number of likely N-dealkylation sites (tertiary alicyclic amines) is 1. The number of nitrogens with one attached hydrogen (secondary N) is 1. The molecule has 0 spiro atoms. The fraction of sp³-hybridized carbons (Fsp3) is 0.314. The molecule has 5 aromatic rings. The summed E-state index contributed by atoms with van der Waals surface area (Å²) in [6.07, 6.45) is 4.36. The van der Waals surface area contributed by atoms with Crippen LogP contribution in [0.4, 0.5) is 4.39 Å². The second-order valence-electron chi connectivity index (χ2n) is 12.7. The summed E-state index contributed by atoms with van der Waals surface area (Å²) in [6.45, 7) is 5.84. The second-order valence-corrected chi connectivity index (χ2v) is 12.7. The lowest BCUT2D eigenvalue weighted by atomic mass is 9.66. The maximum absolute atomic E-state index is 16.3. The molecule has 9 heteroatoms. The summed E-state index contributed by atoms with van der Waals surface area (Å²) in [4.78, 5) is 35.3. The number of imidazole rings is 1. The molecule has 44 heavy (non-hydrogen) atoms. The van der Waals surface area contributed by atoms with Gasteiger partial charge in [-0.2, -0.15) is 0 Å². The topological polar surface area (TPSA) is 100 Å². The largest absolute Gasteiger partial charge is 0.384 e. The first-order valence-electron chi connectivity index (χ1n) is 15.0. The van der Waals surface area contributed by atoms with E-state index in [4.69, 9.17) is 0 Å². The lowest BCUT2D eigenvalue weighted by Gasteiger charge is -2.50. The minimum absolute atomic E-state index is 0.230. The number of fused-ring (bicyclic) bond motifs is 2. The van der Waals surface area contributed by atoms with Crippen molar-refractivity contribution in [2.45, 2.75) is 51.2 Å². The molecule has 1 unspecified atom stereocenters. The Morgan fingerprint density at radius 2 is 1.82 bits per heavy atom. The highest BCUT2D eigenvalue weighted by Crippen LogP contribution is 2.48.